The number of carbonyl (C=O) groups is 3. The second-order valence-electron chi connectivity index (χ2n) is 8.37. The fraction of sp³-hybridized carbons (Fsp3) is 0.375. The Morgan fingerprint density at radius 3 is 2.71 bits per heavy atom. The van der Waals surface area contributed by atoms with Crippen LogP contribution < -0.4 is 15.1 Å². The molecule has 0 spiro atoms. The molecule has 2 aromatic rings. The van der Waals surface area contributed by atoms with Gasteiger partial charge in [0.15, 0.2) is 0 Å². The number of benzene rings is 2. The number of anilines is 2. The molecule has 3 amide bonds. The number of carbonyl (C=O) groups excluding carboxylic acids is 3. The maximum absolute atomic E-state index is 12.7. The van der Waals surface area contributed by atoms with Crippen molar-refractivity contribution >= 4 is 29.3 Å². The van der Waals surface area contributed by atoms with Crippen molar-refractivity contribution in [1.82, 2.24) is 5.32 Å². The maximum atomic E-state index is 12.7. The van der Waals surface area contributed by atoms with E-state index in [0.29, 0.717) is 26.2 Å². The highest BCUT2D eigenvalue weighted by atomic mass is 16.6. The molecule has 1 unspecified atom stereocenters. The lowest BCUT2D eigenvalue weighted by Gasteiger charge is -2.18. The van der Waals surface area contributed by atoms with E-state index in [9.17, 15) is 14.4 Å². The molecule has 0 radical (unpaired) electrons. The smallest absolute Gasteiger partial charge is 0.414 e. The van der Waals surface area contributed by atoms with Crippen LogP contribution in [0.4, 0.5) is 16.2 Å². The van der Waals surface area contributed by atoms with Gasteiger partial charge in [-0.05, 0) is 60.2 Å². The molecule has 0 saturated carbocycles. The highest BCUT2D eigenvalue weighted by Crippen LogP contribution is 2.30. The zero-order valence-electron chi connectivity index (χ0n) is 17.3. The molecule has 5 rings (SSSR count). The lowest BCUT2D eigenvalue weighted by atomic mass is 10.1. The van der Waals surface area contributed by atoms with E-state index in [0.717, 1.165) is 36.2 Å². The van der Waals surface area contributed by atoms with Crippen molar-refractivity contribution in [1.29, 1.82) is 0 Å². The van der Waals surface area contributed by atoms with Gasteiger partial charge in [-0.2, -0.15) is 0 Å². The van der Waals surface area contributed by atoms with Crippen LogP contribution in [0.25, 0.3) is 0 Å². The molecule has 0 bridgehead atoms. The van der Waals surface area contributed by atoms with Gasteiger partial charge in [-0.1, -0.05) is 18.2 Å². The highest BCUT2D eigenvalue weighted by molar-refractivity contribution is 6.00. The van der Waals surface area contributed by atoms with Crippen molar-refractivity contribution in [3.05, 3.63) is 59.2 Å². The van der Waals surface area contributed by atoms with Crippen molar-refractivity contribution in [2.24, 2.45) is 5.92 Å². The maximum Gasteiger partial charge on any atom is 0.414 e. The minimum Gasteiger partial charge on any atom is -0.447 e. The van der Waals surface area contributed by atoms with Crippen molar-refractivity contribution in [3.8, 4) is 0 Å². The van der Waals surface area contributed by atoms with Gasteiger partial charge in [-0.25, -0.2) is 4.79 Å². The summed E-state index contributed by atoms with van der Waals surface area (Å²) in [6.07, 6.45) is 3.20. The second-order valence-corrected chi connectivity index (χ2v) is 8.37. The van der Waals surface area contributed by atoms with Crippen molar-refractivity contribution < 1.29 is 19.1 Å². The standard InChI is InChI=1S/C24H25N3O4/c28-22-13-19(15-27(22)21-8-7-17-4-2-5-18(17)12-21)23(29)25-14-16-3-1-6-20(11-16)26-9-10-31-24(26)30/h1,3,6-8,11-12,19H,2,4-5,9-10,13-15H2,(H,25,29). The number of hydrogen-bond acceptors (Lipinski definition) is 4. The fourth-order valence-corrected chi connectivity index (χ4v) is 4.65. The fourth-order valence-electron chi connectivity index (χ4n) is 4.65. The van der Waals surface area contributed by atoms with Gasteiger partial charge in [0, 0.05) is 30.9 Å². The lowest BCUT2D eigenvalue weighted by molar-refractivity contribution is -0.126. The number of fused-ring (bicyclic) bond motifs is 1. The van der Waals surface area contributed by atoms with Gasteiger partial charge in [-0.15, -0.1) is 0 Å². The molecule has 160 valence electrons. The first-order valence-corrected chi connectivity index (χ1v) is 10.8. The van der Waals surface area contributed by atoms with Crippen molar-refractivity contribution in [3.63, 3.8) is 0 Å². The summed E-state index contributed by atoms with van der Waals surface area (Å²) in [7, 11) is 0. The Bertz CT molecular complexity index is 1050. The molecule has 1 aliphatic carbocycles. The number of cyclic esters (lactones) is 1. The third kappa shape index (κ3) is 3.87. The summed E-state index contributed by atoms with van der Waals surface area (Å²) in [4.78, 5) is 40.4. The minimum absolute atomic E-state index is 0.00681. The lowest BCUT2D eigenvalue weighted by Crippen LogP contribution is -2.32. The van der Waals surface area contributed by atoms with Crippen LogP contribution >= 0.6 is 0 Å². The summed E-state index contributed by atoms with van der Waals surface area (Å²) >= 11 is 0. The van der Waals surface area contributed by atoms with Crippen LogP contribution in [0, 0.1) is 5.92 Å². The average molecular weight is 419 g/mol. The number of nitrogens with zero attached hydrogens (tertiary/aromatic N) is 2. The van der Waals surface area contributed by atoms with Crippen LogP contribution in [0.1, 0.15) is 29.5 Å². The van der Waals surface area contributed by atoms with Crippen molar-refractivity contribution in [2.45, 2.75) is 32.2 Å². The molecule has 7 nitrogen and oxygen atoms in total. The van der Waals surface area contributed by atoms with Crippen LogP contribution in [0.5, 0.6) is 0 Å². The van der Waals surface area contributed by atoms with Gasteiger partial charge in [0.1, 0.15) is 6.61 Å². The number of hydrogen-bond donors (Lipinski definition) is 1. The predicted molar refractivity (Wildman–Crippen MR) is 116 cm³/mol. The summed E-state index contributed by atoms with van der Waals surface area (Å²) < 4.78 is 4.99. The summed E-state index contributed by atoms with van der Waals surface area (Å²) in [6, 6.07) is 13.7. The zero-order valence-corrected chi connectivity index (χ0v) is 17.3. The summed E-state index contributed by atoms with van der Waals surface area (Å²) in [5.41, 5.74) is 5.23. The molecule has 3 aliphatic rings. The Morgan fingerprint density at radius 1 is 1.03 bits per heavy atom. The largest absolute Gasteiger partial charge is 0.447 e. The summed E-state index contributed by atoms with van der Waals surface area (Å²) in [5.74, 6) is -0.492. The zero-order chi connectivity index (χ0) is 21.4. The van der Waals surface area contributed by atoms with E-state index in [1.54, 1.807) is 9.80 Å². The molecule has 1 N–H and O–H groups in total. The molecule has 2 saturated heterocycles. The third-order valence-electron chi connectivity index (χ3n) is 6.34. The third-order valence-corrected chi connectivity index (χ3v) is 6.34. The Hall–Kier alpha value is -3.35. The number of nitrogens with one attached hydrogen (secondary N) is 1. The Balaban J connectivity index is 1.21. The predicted octanol–water partition coefficient (Wildman–Crippen LogP) is 2.80. The number of ether oxygens (including phenoxy) is 1. The van der Waals surface area contributed by atoms with Crippen LogP contribution in [-0.4, -0.2) is 37.6 Å². The van der Waals surface area contributed by atoms with E-state index in [1.165, 1.54) is 11.1 Å². The normalized spacial score (nSPS) is 20.2. The van der Waals surface area contributed by atoms with Gasteiger partial charge in [0.2, 0.25) is 11.8 Å². The van der Waals surface area contributed by atoms with Gasteiger partial charge in [-0.3, -0.25) is 14.5 Å². The van der Waals surface area contributed by atoms with Crippen LogP contribution in [0.15, 0.2) is 42.5 Å². The first-order chi connectivity index (χ1) is 15.1. The van der Waals surface area contributed by atoms with Crippen LogP contribution in [-0.2, 0) is 33.7 Å². The first kappa shape index (κ1) is 19.6. The highest BCUT2D eigenvalue weighted by Gasteiger charge is 2.35. The molecule has 2 aliphatic heterocycles. The molecular weight excluding hydrogens is 394 g/mol. The average Bonchev–Trinajstić information content (AvgIpc) is 3.51. The molecule has 7 heteroatoms. The molecule has 2 heterocycles. The van der Waals surface area contributed by atoms with Gasteiger partial charge in [0.25, 0.3) is 0 Å². The summed E-state index contributed by atoms with van der Waals surface area (Å²) in [5, 5.41) is 2.95. The molecule has 0 aromatic heterocycles. The summed E-state index contributed by atoms with van der Waals surface area (Å²) in [6.45, 7) is 1.66. The Morgan fingerprint density at radius 2 is 1.87 bits per heavy atom. The Labute approximate surface area is 181 Å². The van der Waals surface area contributed by atoms with Crippen LogP contribution in [0.2, 0.25) is 0 Å². The van der Waals surface area contributed by atoms with E-state index >= 15 is 0 Å². The van der Waals surface area contributed by atoms with Gasteiger partial charge < -0.3 is 15.0 Å². The van der Waals surface area contributed by atoms with E-state index in [2.05, 4.69) is 17.4 Å². The van der Waals surface area contributed by atoms with E-state index in [4.69, 9.17) is 4.74 Å². The van der Waals surface area contributed by atoms with Gasteiger partial charge >= 0.3 is 6.09 Å². The number of amides is 3. The topological polar surface area (TPSA) is 79.0 Å². The molecular formula is C24H25N3O4. The monoisotopic (exact) mass is 419 g/mol. The van der Waals surface area contributed by atoms with E-state index < -0.39 is 0 Å². The molecule has 2 fully saturated rings. The number of rotatable bonds is 5. The SMILES string of the molecule is O=C(NCc1cccc(N2CCOC2=O)c1)C1CC(=O)N(c2ccc3c(c2)CCC3)C1. The molecule has 1 atom stereocenters. The quantitative estimate of drug-likeness (QED) is 0.808. The molecule has 31 heavy (non-hydrogen) atoms. The molecule has 2 aromatic carbocycles. The van der Waals surface area contributed by atoms with Crippen molar-refractivity contribution in [2.75, 3.05) is 29.5 Å². The minimum atomic E-state index is -0.363. The van der Waals surface area contributed by atoms with Crippen LogP contribution in [0.3, 0.4) is 0 Å². The van der Waals surface area contributed by atoms with E-state index in [1.807, 2.05) is 30.3 Å². The van der Waals surface area contributed by atoms with E-state index in [-0.39, 0.29) is 30.2 Å². The Kier molecular flexibility index (Phi) is 5.10. The number of aryl methyl sites for hydroxylation is 2. The first-order valence-electron chi connectivity index (χ1n) is 10.8. The second kappa shape index (κ2) is 8.06. The van der Waals surface area contributed by atoms with Gasteiger partial charge in [0.05, 0.1) is 12.5 Å².